The van der Waals surface area contributed by atoms with Crippen molar-refractivity contribution >= 4 is 33.2 Å². The number of hydrogen-bond acceptors (Lipinski definition) is 5. The van der Waals surface area contributed by atoms with Crippen molar-refractivity contribution in [3.05, 3.63) is 63.5 Å². The van der Waals surface area contributed by atoms with Gasteiger partial charge in [-0.1, -0.05) is 37.3 Å². The van der Waals surface area contributed by atoms with Crippen molar-refractivity contribution in [3.63, 3.8) is 0 Å². The van der Waals surface area contributed by atoms with Crippen molar-refractivity contribution in [2.75, 3.05) is 0 Å². The number of thiophene rings is 1. The van der Waals surface area contributed by atoms with Crippen LogP contribution in [0.25, 0.3) is 16.0 Å². The molecular weight excluding hydrogens is 398 g/mol. The lowest BCUT2D eigenvalue weighted by molar-refractivity contribution is -0.121. The fourth-order valence-corrected chi connectivity index (χ4v) is 4.54. The SMILES string of the molecule is CCCn1c(=O)c2sccc2n2c(CCCC(=O)N[C@@H](C)c3ccccc3)nnc12. The van der Waals surface area contributed by atoms with Gasteiger partial charge in [-0.05, 0) is 36.8 Å². The van der Waals surface area contributed by atoms with Crippen LogP contribution in [0.3, 0.4) is 0 Å². The summed E-state index contributed by atoms with van der Waals surface area (Å²) in [5.74, 6) is 1.37. The van der Waals surface area contributed by atoms with E-state index in [1.165, 1.54) is 11.3 Å². The highest BCUT2D eigenvalue weighted by atomic mass is 32.1. The van der Waals surface area contributed by atoms with Crippen molar-refractivity contribution in [1.29, 1.82) is 0 Å². The van der Waals surface area contributed by atoms with Crippen molar-refractivity contribution in [2.24, 2.45) is 0 Å². The lowest BCUT2D eigenvalue weighted by atomic mass is 10.1. The first kappa shape index (κ1) is 20.3. The largest absolute Gasteiger partial charge is 0.350 e. The molecule has 0 bridgehead atoms. The molecule has 1 atom stereocenters. The van der Waals surface area contributed by atoms with Crippen LogP contribution in [-0.2, 0) is 17.8 Å². The summed E-state index contributed by atoms with van der Waals surface area (Å²) >= 11 is 1.44. The van der Waals surface area contributed by atoms with Gasteiger partial charge in [0.15, 0.2) is 0 Å². The summed E-state index contributed by atoms with van der Waals surface area (Å²) in [4.78, 5) is 25.1. The maximum Gasteiger partial charge on any atom is 0.272 e. The molecule has 0 radical (unpaired) electrons. The molecule has 0 aliphatic heterocycles. The number of nitrogens with one attached hydrogen (secondary N) is 1. The first-order valence-electron chi connectivity index (χ1n) is 10.3. The maximum atomic E-state index is 12.8. The second-order valence-electron chi connectivity index (χ2n) is 7.40. The van der Waals surface area contributed by atoms with E-state index in [2.05, 4.69) is 15.5 Å². The van der Waals surface area contributed by atoms with Crippen molar-refractivity contribution in [3.8, 4) is 0 Å². The molecule has 7 nitrogen and oxygen atoms in total. The van der Waals surface area contributed by atoms with Gasteiger partial charge in [-0.3, -0.25) is 18.6 Å². The summed E-state index contributed by atoms with van der Waals surface area (Å²) in [6.45, 7) is 4.63. The van der Waals surface area contributed by atoms with E-state index in [0.29, 0.717) is 36.3 Å². The quantitative estimate of drug-likeness (QED) is 0.468. The average Bonchev–Trinajstić information content (AvgIpc) is 3.39. The van der Waals surface area contributed by atoms with Crippen LogP contribution >= 0.6 is 11.3 Å². The number of aryl methyl sites for hydroxylation is 2. The molecule has 0 fully saturated rings. The minimum atomic E-state index is -0.0264. The van der Waals surface area contributed by atoms with Crippen LogP contribution < -0.4 is 10.9 Å². The van der Waals surface area contributed by atoms with E-state index in [4.69, 9.17) is 0 Å². The Bertz CT molecular complexity index is 1230. The summed E-state index contributed by atoms with van der Waals surface area (Å²) in [6.07, 6.45) is 2.53. The third-order valence-electron chi connectivity index (χ3n) is 5.21. The number of amides is 1. The second-order valence-corrected chi connectivity index (χ2v) is 8.31. The Morgan fingerprint density at radius 3 is 2.77 bits per heavy atom. The highest BCUT2D eigenvalue weighted by molar-refractivity contribution is 7.17. The molecule has 8 heteroatoms. The highest BCUT2D eigenvalue weighted by Gasteiger charge is 2.17. The normalized spacial score (nSPS) is 12.5. The van der Waals surface area contributed by atoms with Gasteiger partial charge in [-0.25, -0.2) is 0 Å². The van der Waals surface area contributed by atoms with E-state index < -0.39 is 0 Å². The Kier molecular flexibility index (Phi) is 5.94. The van der Waals surface area contributed by atoms with Crippen LogP contribution in [0.2, 0.25) is 0 Å². The molecule has 0 aliphatic rings. The lowest BCUT2D eigenvalue weighted by Gasteiger charge is -2.14. The molecule has 0 saturated carbocycles. The van der Waals surface area contributed by atoms with Crippen LogP contribution in [0.1, 0.15) is 50.5 Å². The number of benzene rings is 1. The third kappa shape index (κ3) is 3.87. The molecule has 1 amide bonds. The van der Waals surface area contributed by atoms with Crippen molar-refractivity contribution in [1.82, 2.24) is 24.5 Å². The summed E-state index contributed by atoms with van der Waals surface area (Å²) in [5.41, 5.74) is 1.92. The standard InChI is InChI=1S/C22H25N5O2S/c1-3-13-26-21(29)20-17(12-14-30-20)27-18(24-25-22(26)27)10-7-11-19(28)23-15(2)16-8-5-4-6-9-16/h4-6,8-9,12,14-15H,3,7,10-11,13H2,1-2H3,(H,23,28)/t15-/m0/s1. The topological polar surface area (TPSA) is 81.3 Å². The summed E-state index contributed by atoms with van der Waals surface area (Å²) in [5, 5.41) is 13.6. The molecule has 156 valence electrons. The van der Waals surface area contributed by atoms with E-state index in [1.54, 1.807) is 4.57 Å². The van der Waals surface area contributed by atoms with Crippen LogP contribution in [0, 0.1) is 0 Å². The smallest absolute Gasteiger partial charge is 0.272 e. The first-order chi connectivity index (χ1) is 14.6. The number of aromatic nitrogens is 4. The molecule has 0 spiro atoms. The number of nitrogens with zero attached hydrogens (tertiary/aromatic N) is 4. The molecule has 0 unspecified atom stereocenters. The molecule has 0 saturated heterocycles. The zero-order chi connectivity index (χ0) is 21.1. The van der Waals surface area contributed by atoms with Gasteiger partial charge < -0.3 is 5.32 Å². The molecule has 3 aromatic heterocycles. The minimum Gasteiger partial charge on any atom is -0.350 e. The Balaban J connectivity index is 1.48. The highest BCUT2D eigenvalue weighted by Crippen LogP contribution is 2.20. The summed E-state index contributed by atoms with van der Waals surface area (Å²) < 4.78 is 4.38. The van der Waals surface area contributed by atoms with Crippen molar-refractivity contribution < 1.29 is 4.79 Å². The number of carbonyl (C=O) groups is 1. The predicted octanol–water partition coefficient (Wildman–Crippen LogP) is 3.72. The molecule has 0 aliphatic carbocycles. The van der Waals surface area contributed by atoms with Gasteiger partial charge in [0.1, 0.15) is 10.5 Å². The van der Waals surface area contributed by atoms with Crippen LogP contribution in [0.4, 0.5) is 0 Å². The van der Waals surface area contributed by atoms with Gasteiger partial charge in [0, 0.05) is 19.4 Å². The van der Waals surface area contributed by atoms with Gasteiger partial charge in [0.2, 0.25) is 11.7 Å². The third-order valence-corrected chi connectivity index (χ3v) is 6.10. The van der Waals surface area contributed by atoms with E-state index in [-0.39, 0.29) is 17.5 Å². The molecule has 4 rings (SSSR count). The molecule has 4 aromatic rings. The van der Waals surface area contributed by atoms with E-state index in [9.17, 15) is 9.59 Å². The van der Waals surface area contributed by atoms with E-state index in [1.807, 2.05) is 60.0 Å². The number of fused-ring (bicyclic) bond motifs is 3. The van der Waals surface area contributed by atoms with Gasteiger partial charge >= 0.3 is 0 Å². The molecule has 1 aromatic carbocycles. The number of carbonyl (C=O) groups excluding carboxylic acids is 1. The van der Waals surface area contributed by atoms with Gasteiger partial charge in [-0.2, -0.15) is 0 Å². The minimum absolute atomic E-state index is 0.0115. The Morgan fingerprint density at radius 1 is 1.20 bits per heavy atom. The van der Waals surface area contributed by atoms with Gasteiger partial charge in [0.25, 0.3) is 5.56 Å². The Labute approximate surface area is 178 Å². The Morgan fingerprint density at radius 2 is 2.00 bits per heavy atom. The monoisotopic (exact) mass is 423 g/mol. The number of rotatable bonds is 8. The number of hydrogen-bond donors (Lipinski definition) is 1. The van der Waals surface area contributed by atoms with Gasteiger partial charge in [0.05, 0.1) is 11.6 Å². The zero-order valence-electron chi connectivity index (χ0n) is 17.2. The maximum absolute atomic E-state index is 12.8. The van der Waals surface area contributed by atoms with Crippen LogP contribution in [0.15, 0.2) is 46.6 Å². The van der Waals surface area contributed by atoms with Crippen molar-refractivity contribution in [2.45, 2.75) is 52.1 Å². The predicted molar refractivity (Wildman–Crippen MR) is 119 cm³/mol. The summed E-state index contributed by atoms with van der Waals surface area (Å²) in [7, 11) is 0. The Hall–Kier alpha value is -3.00. The molecule has 30 heavy (non-hydrogen) atoms. The molecular formula is C22H25N5O2S. The van der Waals surface area contributed by atoms with E-state index >= 15 is 0 Å². The van der Waals surface area contributed by atoms with Gasteiger partial charge in [-0.15, -0.1) is 21.5 Å². The summed E-state index contributed by atoms with van der Waals surface area (Å²) in [6, 6.07) is 11.8. The molecule has 1 N–H and O–H groups in total. The first-order valence-corrected chi connectivity index (χ1v) is 11.2. The zero-order valence-corrected chi connectivity index (χ0v) is 18.0. The average molecular weight is 424 g/mol. The van der Waals surface area contributed by atoms with Crippen LogP contribution in [-0.4, -0.2) is 25.1 Å². The lowest BCUT2D eigenvalue weighted by Crippen LogP contribution is -2.26. The fourth-order valence-electron chi connectivity index (χ4n) is 3.71. The van der Waals surface area contributed by atoms with E-state index in [0.717, 1.165) is 23.3 Å². The molecule has 3 heterocycles. The van der Waals surface area contributed by atoms with Crippen LogP contribution in [0.5, 0.6) is 0 Å². The fraction of sp³-hybridized carbons (Fsp3) is 0.364. The second kappa shape index (κ2) is 8.79.